The minimum atomic E-state index is -1.82. The topological polar surface area (TPSA) is 111 Å². The number of carbonyl (C=O) groups excluding carboxylic acids is 2. The predicted octanol–water partition coefficient (Wildman–Crippen LogP) is 4.13. The number of amides is 1. The maximum absolute atomic E-state index is 14.6. The summed E-state index contributed by atoms with van der Waals surface area (Å²) >= 11 is 6.57. The van der Waals surface area contributed by atoms with E-state index in [9.17, 15) is 19.5 Å². The van der Waals surface area contributed by atoms with E-state index in [-0.39, 0.29) is 30.1 Å². The summed E-state index contributed by atoms with van der Waals surface area (Å²) in [6.45, 7) is 8.49. The van der Waals surface area contributed by atoms with Crippen molar-refractivity contribution >= 4 is 34.9 Å². The number of hydrogen-bond acceptors (Lipinski definition) is 7. The fourth-order valence-corrected chi connectivity index (χ4v) is 6.92. The van der Waals surface area contributed by atoms with E-state index >= 15 is 0 Å². The van der Waals surface area contributed by atoms with Crippen LogP contribution in [0.15, 0.2) is 36.4 Å². The van der Waals surface area contributed by atoms with Gasteiger partial charge in [0.05, 0.1) is 6.54 Å². The highest BCUT2D eigenvalue weighted by atomic mass is 35.5. The third kappa shape index (κ3) is 4.59. The van der Waals surface area contributed by atoms with Gasteiger partial charge in [-0.2, -0.15) is 0 Å². The number of carboxylic acid groups (broad SMARTS) is 1. The minimum absolute atomic E-state index is 0.0651. The second kappa shape index (κ2) is 10.4. The van der Waals surface area contributed by atoms with Gasteiger partial charge in [-0.15, -0.1) is 0 Å². The van der Waals surface area contributed by atoms with Crippen LogP contribution in [0.5, 0.6) is 11.5 Å². The summed E-state index contributed by atoms with van der Waals surface area (Å²) in [5.74, 6) is -0.908. The van der Waals surface area contributed by atoms with Gasteiger partial charge in [0, 0.05) is 47.1 Å². The molecule has 1 fully saturated rings. The second-order valence-electron chi connectivity index (χ2n) is 12.1. The van der Waals surface area contributed by atoms with Gasteiger partial charge in [-0.3, -0.25) is 9.59 Å². The van der Waals surface area contributed by atoms with E-state index in [2.05, 4.69) is 5.32 Å². The van der Waals surface area contributed by atoms with Crippen LogP contribution < -0.4 is 19.3 Å². The number of nitrogens with one attached hydrogen (secondary N) is 1. The van der Waals surface area contributed by atoms with E-state index < -0.39 is 34.7 Å². The first-order valence-corrected chi connectivity index (χ1v) is 14.0. The molecular formula is C30H36ClN2O7+. The summed E-state index contributed by atoms with van der Waals surface area (Å²) < 4.78 is 17.9. The van der Waals surface area contributed by atoms with Crippen LogP contribution in [-0.2, 0) is 19.1 Å². The van der Waals surface area contributed by atoms with Gasteiger partial charge in [0.25, 0.3) is 0 Å². The Labute approximate surface area is 238 Å². The highest BCUT2D eigenvalue weighted by Crippen LogP contribution is 2.51. The van der Waals surface area contributed by atoms with E-state index in [0.717, 1.165) is 0 Å². The Balaban J connectivity index is 1.82. The van der Waals surface area contributed by atoms with Crippen molar-refractivity contribution in [2.75, 3.05) is 39.5 Å². The summed E-state index contributed by atoms with van der Waals surface area (Å²) in [4.78, 5) is 40.9. The van der Waals surface area contributed by atoms with Gasteiger partial charge in [-0.1, -0.05) is 44.5 Å². The van der Waals surface area contributed by atoms with E-state index in [0.29, 0.717) is 59.5 Å². The number of carbonyl (C=O) groups is 3. The number of carboxylic acids is 1. The second-order valence-corrected chi connectivity index (χ2v) is 12.5. The molecule has 1 amide bonds. The fourth-order valence-electron chi connectivity index (χ4n) is 6.74. The molecule has 0 spiro atoms. The lowest BCUT2D eigenvalue weighted by atomic mass is 9.70. The normalized spacial score (nSPS) is 28.4. The van der Waals surface area contributed by atoms with Crippen LogP contribution in [-0.4, -0.2) is 68.3 Å². The number of quaternary nitrogens is 1. The van der Waals surface area contributed by atoms with Crippen LogP contribution >= 0.6 is 11.6 Å². The van der Waals surface area contributed by atoms with Crippen molar-refractivity contribution in [3.8, 4) is 11.5 Å². The van der Waals surface area contributed by atoms with Crippen molar-refractivity contribution in [2.24, 2.45) is 10.8 Å². The molecule has 9 nitrogen and oxygen atoms in total. The first-order chi connectivity index (χ1) is 18.9. The number of fused-ring (bicyclic) bond motifs is 2. The van der Waals surface area contributed by atoms with Gasteiger partial charge < -0.3 is 24.6 Å². The van der Waals surface area contributed by atoms with Crippen LogP contribution in [0.25, 0.3) is 0 Å². The Morgan fingerprint density at radius 1 is 1.15 bits per heavy atom. The Morgan fingerprint density at radius 2 is 1.90 bits per heavy atom. The number of aliphatic carboxylic acids is 1. The van der Waals surface area contributed by atoms with Crippen molar-refractivity contribution in [1.29, 1.82) is 0 Å². The fraction of sp³-hybridized carbons (Fsp3) is 0.500. The lowest BCUT2D eigenvalue weighted by molar-refractivity contribution is -0.164. The molecule has 3 heterocycles. The Hall–Kier alpha value is -2.98. The van der Waals surface area contributed by atoms with Gasteiger partial charge in [-0.05, 0) is 25.1 Å². The maximum atomic E-state index is 14.6. The van der Waals surface area contributed by atoms with E-state index in [4.69, 9.17) is 25.8 Å². The maximum Gasteiger partial charge on any atom is 0.344 e. The van der Waals surface area contributed by atoms with Gasteiger partial charge in [0.2, 0.25) is 0 Å². The SMILES string of the molecule is CC(=O)[C@@]1(C(=O)O)CNCC[C@H]1[N+]1(CC(C)(C)C)C(=O)COC(c2cccc3c2OCCO3)c2cc(Cl)ccc21. The average molecular weight is 572 g/mol. The number of benzene rings is 2. The third-order valence-electron chi connectivity index (χ3n) is 8.23. The molecule has 40 heavy (non-hydrogen) atoms. The minimum Gasteiger partial charge on any atom is -0.486 e. The molecule has 5 rings (SSSR count). The van der Waals surface area contributed by atoms with Crippen LogP contribution in [0.2, 0.25) is 5.02 Å². The van der Waals surface area contributed by atoms with Crippen LogP contribution in [0.1, 0.15) is 51.3 Å². The molecule has 2 aromatic carbocycles. The van der Waals surface area contributed by atoms with Crippen molar-refractivity contribution in [2.45, 2.75) is 46.3 Å². The molecule has 0 radical (unpaired) electrons. The first kappa shape index (κ1) is 28.5. The van der Waals surface area contributed by atoms with Crippen molar-refractivity contribution in [3.05, 3.63) is 52.5 Å². The van der Waals surface area contributed by atoms with E-state index in [1.54, 1.807) is 18.2 Å². The number of rotatable bonds is 5. The van der Waals surface area contributed by atoms with Crippen LogP contribution in [0.4, 0.5) is 5.69 Å². The Bertz CT molecular complexity index is 1340. The molecule has 2 N–H and O–H groups in total. The number of Topliss-reactive ketones (excluding diaryl/α,β-unsaturated/α-hetero) is 1. The van der Waals surface area contributed by atoms with E-state index in [1.165, 1.54) is 6.92 Å². The highest BCUT2D eigenvalue weighted by molar-refractivity contribution is 6.30. The summed E-state index contributed by atoms with van der Waals surface area (Å²) in [5, 5.41) is 14.2. The number of nitrogens with zero attached hydrogens (tertiary/aromatic N) is 1. The molecule has 0 bridgehead atoms. The largest absolute Gasteiger partial charge is 0.486 e. The molecule has 0 aliphatic carbocycles. The van der Waals surface area contributed by atoms with Gasteiger partial charge >= 0.3 is 11.9 Å². The molecular weight excluding hydrogens is 536 g/mol. The van der Waals surface area contributed by atoms with Crippen LogP contribution in [0, 0.1) is 10.8 Å². The molecule has 10 heteroatoms. The lowest BCUT2D eigenvalue weighted by Gasteiger charge is -2.51. The molecule has 4 atom stereocenters. The molecule has 3 aliphatic heterocycles. The smallest absolute Gasteiger partial charge is 0.344 e. The molecule has 3 aliphatic rings. The summed E-state index contributed by atoms with van der Waals surface area (Å²) in [6, 6.07) is 9.95. The molecule has 0 aromatic heterocycles. The van der Waals surface area contributed by atoms with Crippen molar-refractivity contribution in [3.63, 3.8) is 0 Å². The summed E-state index contributed by atoms with van der Waals surface area (Å²) in [6.07, 6.45) is -0.439. The summed E-state index contributed by atoms with van der Waals surface area (Å²) in [5.41, 5.74) is -0.350. The first-order valence-electron chi connectivity index (χ1n) is 13.6. The number of para-hydroxylation sites is 1. The number of piperidine rings is 1. The van der Waals surface area contributed by atoms with Crippen LogP contribution in [0.3, 0.4) is 0 Å². The molecule has 214 valence electrons. The predicted molar refractivity (Wildman–Crippen MR) is 150 cm³/mol. The molecule has 2 unspecified atom stereocenters. The highest BCUT2D eigenvalue weighted by Gasteiger charge is 2.65. The number of ether oxygens (including phenoxy) is 3. The zero-order chi connectivity index (χ0) is 28.9. The molecule has 2 aromatic rings. The zero-order valence-electron chi connectivity index (χ0n) is 23.3. The molecule has 1 saturated heterocycles. The summed E-state index contributed by atoms with van der Waals surface area (Å²) in [7, 11) is 0. The van der Waals surface area contributed by atoms with E-state index in [1.807, 2.05) is 39.0 Å². The van der Waals surface area contributed by atoms with Crippen molar-refractivity contribution in [1.82, 2.24) is 9.80 Å². The van der Waals surface area contributed by atoms with Gasteiger partial charge in [0.15, 0.2) is 29.3 Å². The lowest BCUT2D eigenvalue weighted by Crippen LogP contribution is -2.75. The van der Waals surface area contributed by atoms with Crippen molar-refractivity contribution < 1.29 is 33.7 Å². The quantitative estimate of drug-likeness (QED) is 0.407. The Kier molecular flexibility index (Phi) is 7.46. The monoisotopic (exact) mass is 571 g/mol. The standard InChI is InChI=1S/C30H35ClN2O7/c1-18(34)30(28(36)37)16-32-11-10-24(30)33(17-29(2,3)4)22-9-8-19(31)14-21(22)26(40-15-25(33)35)20-6-5-7-23-27(20)39-13-12-38-23/h5-9,14,24,26,32H,10-13,15-17H2,1-4H3/p+1/t24-,26?,30+,33?/m1/s1. The Morgan fingerprint density at radius 3 is 2.60 bits per heavy atom. The van der Waals surface area contributed by atoms with Gasteiger partial charge in [0.1, 0.15) is 31.0 Å². The van der Waals surface area contributed by atoms with Gasteiger partial charge in [-0.25, -0.2) is 9.28 Å². The third-order valence-corrected chi connectivity index (χ3v) is 8.47. The number of ketones is 1. The number of halogens is 1. The zero-order valence-corrected chi connectivity index (χ0v) is 24.0. The number of hydrogen-bond donors (Lipinski definition) is 2. The average Bonchev–Trinajstić information content (AvgIpc) is 3.01. The molecule has 0 saturated carbocycles.